The number of nitrogens with two attached hydrogens (primary N) is 1. The first-order valence-electron chi connectivity index (χ1n) is 6.76. The first-order chi connectivity index (χ1) is 8.54. The fraction of sp³-hybridized carbons (Fsp3) is 0.600. The molecule has 2 atom stereocenters. The van der Waals surface area contributed by atoms with E-state index >= 15 is 0 Å². The van der Waals surface area contributed by atoms with Crippen molar-refractivity contribution in [3.05, 3.63) is 33.8 Å². The molecule has 0 fully saturated rings. The van der Waals surface area contributed by atoms with Crippen molar-refractivity contribution in [2.45, 2.75) is 46.2 Å². The van der Waals surface area contributed by atoms with Crippen molar-refractivity contribution in [3.8, 4) is 0 Å². The molecule has 3 heteroatoms. The monoisotopic (exact) mass is 312 g/mol. The molecule has 0 aliphatic rings. The molecule has 1 aromatic carbocycles. The zero-order valence-corrected chi connectivity index (χ0v) is 13.5. The maximum Gasteiger partial charge on any atom is 0.0484 e. The average molecular weight is 313 g/mol. The third-order valence-electron chi connectivity index (χ3n) is 3.66. The molecule has 0 heterocycles. The minimum atomic E-state index is 0.292. The molecule has 0 bridgehead atoms. The second-order valence-electron chi connectivity index (χ2n) is 4.86. The number of hydrogen-bond acceptors (Lipinski definition) is 2. The Kier molecular flexibility index (Phi) is 6.33. The van der Waals surface area contributed by atoms with Gasteiger partial charge in [-0.1, -0.05) is 41.9 Å². The molecule has 0 radical (unpaired) electrons. The summed E-state index contributed by atoms with van der Waals surface area (Å²) in [4.78, 5) is 2.48. The van der Waals surface area contributed by atoms with Gasteiger partial charge in [0.1, 0.15) is 0 Å². The molecule has 0 amide bonds. The molecular weight excluding hydrogens is 288 g/mol. The lowest BCUT2D eigenvalue weighted by molar-refractivity contribution is 0.151. The van der Waals surface area contributed by atoms with Crippen LogP contribution in [0.1, 0.15) is 44.4 Å². The van der Waals surface area contributed by atoms with Gasteiger partial charge in [-0.05, 0) is 44.0 Å². The molecule has 2 N–H and O–H groups in total. The Morgan fingerprint density at radius 1 is 1.33 bits per heavy atom. The van der Waals surface area contributed by atoms with Crippen molar-refractivity contribution in [2.75, 3.05) is 13.1 Å². The number of benzene rings is 1. The molecule has 0 aromatic heterocycles. The average Bonchev–Trinajstić information content (AvgIpc) is 2.36. The van der Waals surface area contributed by atoms with Crippen LogP contribution < -0.4 is 5.73 Å². The van der Waals surface area contributed by atoms with Gasteiger partial charge in [0.25, 0.3) is 0 Å². The van der Waals surface area contributed by atoms with Crippen LogP contribution in [0.4, 0.5) is 0 Å². The maximum absolute atomic E-state index is 6.02. The van der Waals surface area contributed by atoms with Crippen molar-refractivity contribution >= 4 is 15.9 Å². The van der Waals surface area contributed by atoms with Crippen molar-refractivity contribution in [1.82, 2.24) is 4.90 Å². The van der Waals surface area contributed by atoms with E-state index in [9.17, 15) is 0 Å². The van der Waals surface area contributed by atoms with Crippen molar-refractivity contribution in [3.63, 3.8) is 0 Å². The van der Waals surface area contributed by atoms with Crippen LogP contribution in [0.5, 0.6) is 0 Å². The van der Waals surface area contributed by atoms with E-state index < -0.39 is 0 Å². The number of hydrogen-bond donors (Lipinski definition) is 1. The molecule has 1 rings (SSSR count). The van der Waals surface area contributed by atoms with Crippen LogP contribution in [0, 0.1) is 6.92 Å². The van der Waals surface area contributed by atoms with Gasteiger partial charge >= 0.3 is 0 Å². The Morgan fingerprint density at radius 2 is 2.00 bits per heavy atom. The summed E-state index contributed by atoms with van der Waals surface area (Å²) in [5.41, 5.74) is 8.59. The summed E-state index contributed by atoms with van der Waals surface area (Å²) in [5.74, 6) is 0. The summed E-state index contributed by atoms with van der Waals surface area (Å²) >= 11 is 3.67. The zero-order valence-electron chi connectivity index (χ0n) is 11.9. The summed E-state index contributed by atoms with van der Waals surface area (Å²) in [6.45, 7) is 10.5. The van der Waals surface area contributed by atoms with E-state index in [4.69, 9.17) is 5.73 Å². The quantitative estimate of drug-likeness (QED) is 0.863. The van der Waals surface area contributed by atoms with Crippen molar-refractivity contribution in [2.24, 2.45) is 5.73 Å². The number of halogens is 1. The summed E-state index contributed by atoms with van der Waals surface area (Å²) in [5, 5.41) is 0. The van der Waals surface area contributed by atoms with Crippen LogP contribution in [0.25, 0.3) is 0 Å². The predicted molar refractivity (Wildman–Crippen MR) is 82.8 cm³/mol. The van der Waals surface area contributed by atoms with E-state index in [-0.39, 0.29) is 0 Å². The summed E-state index contributed by atoms with van der Waals surface area (Å²) in [7, 11) is 0. The second kappa shape index (κ2) is 7.27. The van der Waals surface area contributed by atoms with E-state index in [1.54, 1.807) is 0 Å². The van der Waals surface area contributed by atoms with Gasteiger partial charge in [-0.25, -0.2) is 0 Å². The third-order valence-corrected chi connectivity index (χ3v) is 4.35. The van der Waals surface area contributed by atoms with Crippen LogP contribution >= 0.6 is 15.9 Å². The minimum Gasteiger partial charge on any atom is -0.329 e. The van der Waals surface area contributed by atoms with Crippen molar-refractivity contribution in [1.29, 1.82) is 0 Å². The normalized spacial score (nSPS) is 14.8. The van der Waals surface area contributed by atoms with E-state index in [1.807, 2.05) is 0 Å². The summed E-state index contributed by atoms with van der Waals surface area (Å²) < 4.78 is 1.17. The van der Waals surface area contributed by atoms with Gasteiger partial charge in [-0.3, -0.25) is 4.90 Å². The smallest absolute Gasteiger partial charge is 0.0484 e. The lowest BCUT2D eigenvalue weighted by atomic mass is 10.0. The highest BCUT2D eigenvalue weighted by molar-refractivity contribution is 9.10. The highest BCUT2D eigenvalue weighted by Crippen LogP contribution is 2.29. The van der Waals surface area contributed by atoms with Gasteiger partial charge < -0.3 is 5.73 Å². The lowest BCUT2D eigenvalue weighted by Gasteiger charge is -2.35. The predicted octanol–water partition coefficient (Wildman–Crippen LogP) is 3.88. The molecular formula is C15H25BrN2. The van der Waals surface area contributed by atoms with Crippen molar-refractivity contribution < 1.29 is 0 Å². The number of nitrogens with zero attached hydrogens (tertiary/aromatic N) is 1. The highest BCUT2D eigenvalue weighted by atomic mass is 79.9. The SMILES string of the molecule is CCC(C)N(CC)C(CN)c1ccc(C)cc1Br. The molecule has 2 nitrogen and oxygen atoms in total. The first-order valence-corrected chi connectivity index (χ1v) is 7.56. The molecule has 0 saturated carbocycles. The van der Waals surface area contributed by atoms with Crippen LogP contribution in [-0.2, 0) is 0 Å². The van der Waals surface area contributed by atoms with Gasteiger partial charge in [-0.2, -0.15) is 0 Å². The Morgan fingerprint density at radius 3 is 2.44 bits per heavy atom. The third kappa shape index (κ3) is 3.56. The molecule has 0 aliphatic carbocycles. The molecule has 0 aliphatic heterocycles. The fourth-order valence-corrected chi connectivity index (χ4v) is 3.17. The Hall–Kier alpha value is -0.380. The minimum absolute atomic E-state index is 0.292. The first kappa shape index (κ1) is 15.7. The molecule has 0 saturated heterocycles. The van der Waals surface area contributed by atoms with E-state index in [0.717, 1.165) is 13.0 Å². The van der Waals surface area contributed by atoms with Gasteiger partial charge in [0.15, 0.2) is 0 Å². The van der Waals surface area contributed by atoms with Crippen LogP contribution in [-0.4, -0.2) is 24.0 Å². The largest absolute Gasteiger partial charge is 0.329 e. The Balaban J connectivity index is 3.07. The molecule has 18 heavy (non-hydrogen) atoms. The summed E-state index contributed by atoms with van der Waals surface area (Å²) in [6.07, 6.45) is 1.15. The lowest BCUT2D eigenvalue weighted by Crippen LogP contribution is -2.39. The van der Waals surface area contributed by atoms with Crippen LogP contribution in [0.15, 0.2) is 22.7 Å². The highest BCUT2D eigenvalue weighted by Gasteiger charge is 2.23. The maximum atomic E-state index is 6.02. The van der Waals surface area contributed by atoms with Gasteiger partial charge in [0, 0.05) is 23.1 Å². The van der Waals surface area contributed by atoms with E-state index in [2.05, 4.69) is 66.7 Å². The molecule has 0 spiro atoms. The zero-order chi connectivity index (χ0) is 13.7. The van der Waals surface area contributed by atoms with Crippen LogP contribution in [0.2, 0.25) is 0 Å². The topological polar surface area (TPSA) is 29.3 Å². The number of rotatable bonds is 6. The standard InChI is InChI=1S/C15H25BrN2/c1-5-12(4)18(6-2)15(10-17)13-8-7-11(3)9-14(13)16/h7-9,12,15H,5-6,10,17H2,1-4H3. The molecule has 2 unspecified atom stereocenters. The number of likely N-dealkylation sites (N-methyl/N-ethyl adjacent to an activating group) is 1. The van der Waals surface area contributed by atoms with E-state index in [1.165, 1.54) is 15.6 Å². The second-order valence-corrected chi connectivity index (χ2v) is 5.72. The molecule has 102 valence electrons. The summed E-state index contributed by atoms with van der Waals surface area (Å²) in [6, 6.07) is 7.37. The Labute approximate surface area is 120 Å². The van der Waals surface area contributed by atoms with E-state index in [0.29, 0.717) is 18.6 Å². The number of aryl methyl sites for hydroxylation is 1. The molecule has 1 aromatic rings. The Bertz CT molecular complexity index is 379. The van der Waals surface area contributed by atoms with Gasteiger partial charge in [0.05, 0.1) is 0 Å². The van der Waals surface area contributed by atoms with Crippen LogP contribution in [0.3, 0.4) is 0 Å². The van der Waals surface area contributed by atoms with Gasteiger partial charge in [-0.15, -0.1) is 0 Å². The van der Waals surface area contributed by atoms with Gasteiger partial charge in [0.2, 0.25) is 0 Å². The fourth-order valence-electron chi connectivity index (χ4n) is 2.42.